The number of alkyl carbamates (subject to hydrolysis) is 1. The molecule has 1 rings (SSSR count). The molecule has 1 saturated heterocycles. The topological polar surface area (TPSA) is 130 Å². The largest absolute Gasteiger partial charge is 0.444 e. The summed E-state index contributed by atoms with van der Waals surface area (Å²) in [6, 6.07) is 0. The summed E-state index contributed by atoms with van der Waals surface area (Å²) in [5, 5.41) is 2.65. The maximum atomic E-state index is 12.8. The van der Waals surface area contributed by atoms with Gasteiger partial charge in [0.2, 0.25) is 0 Å². The van der Waals surface area contributed by atoms with Crippen molar-refractivity contribution >= 4 is 22.3 Å². The highest BCUT2D eigenvalue weighted by atomic mass is 32.2. The van der Waals surface area contributed by atoms with Crippen molar-refractivity contribution in [3.8, 4) is 0 Å². The van der Waals surface area contributed by atoms with Crippen molar-refractivity contribution in [3.63, 3.8) is 0 Å². The lowest BCUT2D eigenvalue weighted by molar-refractivity contribution is -0.149. The van der Waals surface area contributed by atoms with E-state index >= 15 is 0 Å². The predicted octanol–water partition coefficient (Wildman–Crippen LogP) is 2.63. The van der Waals surface area contributed by atoms with Gasteiger partial charge in [-0.2, -0.15) is 8.42 Å². The Balaban J connectivity index is 2.81. The molecule has 2 atom stereocenters. The van der Waals surface area contributed by atoms with E-state index < -0.39 is 51.5 Å². The zero-order chi connectivity index (χ0) is 25.7. The molecule has 1 fully saturated rings. The van der Waals surface area contributed by atoms with Crippen molar-refractivity contribution in [1.82, 2.24) is 10.2 Å². The first-order valence-electron chi connectivity index (χ1n) is 10.9. The van der Waals surface area contributed by atoms with Gasteiger partial charge in [0.15, 0.2) is 5.79 Å². The van der Waals surface area contributed by atoms with Gasteiger partial charge in [0.05, 0.1) is 19.4 Å². The fraction of sp³-hybridized carbons (Fsp3) is 0.905. The Morgan fingerprint density at radius 2 is 1.55 bits per heavy atom. The molecule has 0 saturated carbocycles. The van der Waals surface area contributed by atoms with Crippen LogP contribution in [0.1, 0.15) is 61.8 Å². The first kappa shape index (κ1) is 29.4. The van der Waals surface area contributed by atoms with Gasteiger partial charge in [0.1, 0.15) is 23.4 Å². The average Bonchev–Trinajstić information content (AvgIpc) is 2.85. The molecule has 1 aliphatic heterocycles. The SMILES string of the molecule is CC(C)(C)OC(=O)NCCCN(C[C@@H]1OC(C)(C)O[C@@H]1COS(C)(=O)=O)C(=O)OC(C)(C)C. The standard InChI is InChI=1S/C21H40N2O9S/c1-19(2,3)31-17(24)22-11-10-12-23(18(25)32-20(4,5)6)13-15-16(14-28-33(9,26)27)30-21(7,8)29-15/h15-16H,10-14H2,1-9H3,(H,22,24)/t15-,16+/m0/s1. The molecule has 0 spiro atoms. The van der Waals surface area contributed by atoms with Crippen molar-refractivity contribution in [2.45, 2.75) is 91.0 Å². The first-order valence-corrected chi connectivity index (χ1v) is 12.7. The Bertz CT molecular complexity index is 770. The minimum Gasteiger partial charge on any atom is -0.444 e. The molecule has 0 aromatic heterocycles. The average molecular weight is 497 g/mol. The van der Waals surface area contributed by atoms with Crippen LogP contribution < -0.4 is 5.32 Å². The maximum absolute atomic E-state index is 12.8. The molecule has 33 heavy (non-hydrogen) atoms. The fourth-order valence-electron chi connectivity index (χ4n) is 2.97. The molecule has 2 amide bonds. The molecule has 1 N–H and O–H groups in total. The second-order valence-electron chi connectivity index (χ2n) is 10.4. The van der Waals surface area contributed by atoms with Gasteiger partial charge in [0, 0.05) is 13.1 Å². The summed E-state index contributed by atoms with van der Waals surface area (Å²) in [5.74, 6) is -0.978. The molecule has 1 aliphatic rings. The molecule has 1 heterocycles. The number of nitrogens with zero attached hydrogens (tertiary/aromatic N) is 1. The van der Waals surface area contributed by atoms with Crippen LogP contribution in [0.5, 0.6) is 0 Å². The number of nitrogens with one attached hydrogen (secondary N) is 1. The molecule has 11 nitrogen and oxygen atoms in total. The molecule has 0 radical (unpaired) electrons. The molecule has 0 bridgehead atoms. The number of ether oxygens (including phenoxy) is 4. The summed E-state index contributed by atoms with van der Waals surface area (Å²) < 4.78 is 50.1. The Hall–Kier alpha value is -1.63. The van der Waals surface area contributed by atoms with E-state index in [2.05, 4.69) is 5.32 Å². The van der Waals surface area contributed by atoms with Crippen LogP contribution in [0.25, 0.3) is 0 Å². The molecule has 0 aromatic carbocycles. The second kappa shape index (κ2) is 11.2. The van der Waals surface area contributed by atoms with Gasteiger partial charge in [-0.15, -0.1) is 0 Å². The first-order chi connectivity index (χ1) is 14.8. The minimum atomic E-state index is -3.67. The Morgan fingerprint density at radius 3 is 2.06 bits per heavy atom. The third-order valence-corrected chi connectivity index (χ3v) is 4.62. The number of rotatable bonds is 9. The summed E-state index contributed by atoms with van der Waals surface area (Å²) in [5.41, 5.74) is -1.32. The number of carbonyl (C=O) groups excluding carboxylic acids is 2. The molecule has 0 unspecified atom stereocenters. The van der Waals surface area contributed by atoms with Crippen LogP contribution in [-0.4, -0.2) is 87.2 Å². The Morgan fingerprint density at radius 1 is 1.00 bits per heavy atom. The van der Waals surface area contributed by atoms with E-state index in [1.807, 2.05) is 0 Å². The lowest BCUT2D eigenvalue weighted by Gasteiger charge is -2.30. The molecular formula is C21H40N2O9S. The fourth-order valence-corrected chi connectivity index (χ4v) is 3.35. The van der Waals surface area contributed by atoms with Crippen molar-refractivity contribution < 1.29 is 41.1 Å². The lowest BCUT2D eigenvalue weighted by Crippen LogP contribution is -2.45. The van der Waals surface area contributed by atoms with Crippen LogP contribution in [0.4, 0.5) is 9.59 Å². The van der Waals surface area contributed by atoms with Gasteiger partial charge >= 0.3 is 12.2 Å². The Labute approximate surface area is 197 Å². The summed E-state index contributed by atoms with van der Waals surface area (Å²) in [6.45, 7) is 14.4. The third kappa shape index (κ3) is 13.0. The maximum Gasteiger partial charge on any atom is 0.410 e. The van der Waals surface area contributed by atoms with Gasteiger partial charge in [-0.1, -0.05) is 0 Å². The van der Waals surface area contributed by atoms with Crippen molar-refractivity contribution in [2.24, 2.45) is 0 Å². The predicted molar refractivity (Wildman–Crippen MR) is 121 cm³/mol. The smallest absolute Gasteiger partial charge is 0.410 e. The van der Waals surface area contributed by atoms with Crippen LogP contribution in [0, 0.1) is 0 Å². The zero-order valence-electron chi connectivity index (χ0n) is 21.2. The third-order valence-electron chi connectivity index (χ3n) is 4.06. The number of amides is 2. The number of hydrogen-bond acceptors (Lipinski definition) is 9. The highest BCUT2D eigenvalue weighted by Crippen LogP contribution is 2.29. The van der Waals surface area contributed by atoms with E-state index in [-0.39, 0.29) is 26.2 Å². The van der Waals surface area contributed by atoms with Crippen LogP contribution in [0.15, 0.2) is 0 Å². The van der Waals surface area contributed by atoms with Gasteiger partial charge in [-0.05, 0) is 61.8 Å². The van der Waals surface area contributed by atoms with E-state index in [4.69, 9.17) is 23.1 Å². The van der Waals surface area contributed by atoms with Gasteiger partial charge in [-0.25, -0.2) is 9.59 Å². The van der Waals surface area contributed by atoms with Gasteiger partial charge in [0.25, 0.3) is 10.1 Å². The second-order valence-corrected chi connectivity index (χ2v) is 12.1. The molecule has 194 valence electrons. The summed E-state index contributed by atoms with van der Waals surface area (Å²) in [7, 11) is -3.67. The Kier molecular flexibility index (Phi) is 9.98. The van der Waals surface area contributed by atoms with Crippen molar-refractivity contribution in [3.05, 3.63) is 0 Å². The normalized spacial score (nSPS) is 20.9. The van der Waals surface area contributed by atoms with E-state index in [1.54, 1.807) is 55.4 Å². The lowest BCUT2D eigenvalue weighted by atomic mass is 10.2. The van der Waals surface area contributed by atoms with Crippen LogP contribution in [-0.2, 0) is 33.2 Å². The quantitative estimate of drug-likeness (QED) is 0.378. The van der Waals surface area contributed by atoms with Crippen LogP contribution in [0.3, 0.4) is 0 Å². The van der Waals surface area contributed by atoms with E-state index in [9.17, 15) is 18.0 Å². The van der Waals surface area contributed by atoms with E-state index in [0.29, 0.717) is 6.42 Å². The molecule has 12 heteroatoms. The van der Waals surface area contributed by atoms with Crippen molar-refractivity contribution in [2.75, 3.05) is 32.5 Å². The van der Waals surface area contributed by atoms with E-state index in [1.165, 1.54) is 4.90 Å². The highest BCUT2D eigenvalue weighted by Gasteiger charge is 2.43. The molecule has 0 aromatic rings. The molecular weight excluding hydrogens is 456 g/mol. The van der Waals surface area contributed by atoms with Crippen LogP contribution >= 0.6 is 0 Å². The van der Waals surface area contributed by atoms with Gasteiger partial charge < -0.3 is 29.2 Å². The summed E-state index contributed by atoms with van der Waals surface area (Å²) >= 11 is 0. The van der Waals surface area contributed by atoms with Gasteiger partial charge in [-0.3, -0.25) is 4.18 Å². The number of hydrogen-bond donors (Lipinski definition) is 1. The zero-order valence-corrected chi connectivity index (χ0v) is 22.0. The summed E-state index contributed by atoms with van der Waals surface area (Å²) in [6.07, 6.45) is -1.07. The van der Waals surface area contributed by atoms with Crippen LogP contribution in [0.2, 0.25) is 0 Å². The number of carbonyl (C=O) groups is 2. The minimum absolute atomic E-state index is 0.0859. The van der Waals surface area contributed by atoms with E-state index in [0.717, 1.165) is 6.26 Å². The van der Waals surface area contributed by atoms with Crippen molar-refractivity contribution in [1.29, 1.82) is 0 Å². The highest BCUT2D eigenvalue weighted by molar-refractivity contribution is 7.85. The summed E-state index contributed by atoms with van der Waals surface area (Å²) in [4.78, 5) is 26.1. The molecule has 0 aliphatic carbocycles. The monoisotopic (exact) mass is 496 g/mol.